The number of likely N-dealkylation sites (N-methyl/N-ethyl adjacent to an activating group) is 1. The van der Waals surface area contributed by atoms with E-state index < -0.39 is 0 Å². The summed E-state index contributed by atoms with van der Waals surface area (Å²) in [5, 5.41) is 6.91. The van der Waals surface area contributed by atoms with Crippen molar-refractivity contribution in [1.29, 1.82) is 0 Å². The minimum atomic E-state index is -0.0306. The van der Waals surface area contributed by atoms with Crippen molar-refractivity contribution in [2.24, 2.45) is 5.41 Å². The van der Waals surface area contributed by atoms with Gasteiger partial charge in [0.05, 0.1) is 10.6 Å². The molecule has 1 N–H and O–H groups in total. The fourth-order valence-corrected chi connectivity index (χ4v) is 3.93. The Labute approximate surface area is 127 Å². The molecule has 1 aliphatic rings. The molecule has 0 aromatic carbocycles. The molecule has 1 heterocycles. The molecule has 1 atom stereocenters. The molecule has 1 aromatic heterocycles. The number of aromatic nitrogens is 1. The average molecular weight is 296 g/mol. The van der Waals surface area contributed by atoms with Crippen LogP contribution in [0.3, 0.4) is 0 Å². The average Bonchev–Trinajstić information content (AvgIpc) is 2.92. The van der Waals surface area contributed by atoms with Crippen molar-refractivity contribution >= 4 is 11.3 Å². The molecule has 0 saturated heterocycles. The van der Waals surface area contributed by atoms with Gasteiger partial charge in [0, 0.05) is 31.1 Å². The van der Waals surface area contributed by atoms with Gasteiger partial charge < -0.3 is 10.1 Å². The summed E-state index contributed by atoms with van der Waals surface area (Å²) in [7, 11) is 1.88. The smallest absolute Gasteiger partial charge is 0.0941 e. The minimum absolute atomic E-state index is 0.0306. The first-order valence-corrected chi connectivity index (χ1v) is 8.56. The Kier molecular flexibility index (Phi) is 5.21. The topological polar surface area (TPSA) is 34.2 Å². The molecule has 0 amide bonds. The first-order valence-electron chi connectivity index (χ1n) is 7.68. The number of hydrogen-bond acceptors (Lipinski definition) is 4. The summed E-state index contributed by atoms with van der Waals surface area (Å²) in [5.74, 6) is 0. The van der Waals surface area contributed by atoms with Crippen LogP contribution in [0.1, 0.15) is 51.5 Å². The van der Waals surface area contributed by atoms with E-state index in [0.29, 0.717) is 11.5 Å². The second kappa shape index (κ2) is 6.54. The number of methoxy groups -OCH3 is 1. The van der Waals surface area contributed by atoms with Crippen LogP contribution in [-0.4, -0.2) is 30.3 Å². The summed E-state index contributed by atoms with van der Waals surface area (Å²) in [6, 6.07) is 0.361. The maximum absolute atomic E-state index is 6.05. The normalized spacial score (nSPS) is 22.6. The predicted molar refractivity (Wildman–Crippen MR) is 85.3 cm³/mol. The van der Waals surface area contributed by atoms with Crippen LogP contribution >= 0.6 is 11.3 Å². The standard InChI is InChI=1S/C16H28N2OS/c1-5-17-13(12-14-18-10-11-20-14)16(19-4)8-6-15(2,3)7-9-16/h10-11,13,17H,5-9,12H2,1-4H3. The highest BCUT2D eigenvalue weighted by atomic mass is 32.1. The molecule has 1 aliphatic carbocycles. The van der Waals surface area contributed by atoms with Gasteiger partial charge >= 0.3 is 0 Å². The van der Waals surface area contributed by atoms with E-state index in [9.17, 15) is 0 Å². The molecular weight excluding hydrogens is 268 g/mol. The molecule has 1 saturated carbocycles. The Morgan fingerprint density at radius 1 is 1.35 bits per heavy atom. The van der Waals surface area contributed by atoms with Crippen LogP contribution in [0.25, 0.3) is 0 Å². The molecule has 3 nitrogen and oxygen atoms in total. The fourth-order valence-electron chi connectivity index (χ4n) is 3.26. The zero-order chi connectivity index (χ0) is 14.6. The van der Waals surface area contributed by atoms with Crippen molar-refractivity contribution in [3.8, 4) is 0 Å². The third-order valence-corrected chi connectivity index (χ3v) is 5.61. The zero-order valence-corrected chi connectivity index (χ0v) is 14.1. The van der Waals surface area contributed by atoms with Gasteiger partial charge in [-0.05, 0) is 37.6 Å². The van der Waals surface area contributed by atoms with Crippen LogP contribution in [0.4, 0.5) is 0 Å². The van der Waals surface area contributed by atoms with Gasteiger partial charge in [0.15, 0.2) is 0 Å². The van der Waals surface area contributed by atoms with Crippen molar-refractivity contribution in [1.82, 2.24) is 10.3 Å². The lowest BCUT2D eigenvalue weighted by molar-refractivity contribution is -0.0858. The van der Waals surface area contributed by atoms with E-state index in [1.807, 2.05) is 13.3 Å². The number of ether oxygens (including phenoxy) is 1. The maximum atomic E-state index is 6.05. The van der Waals surface area contributed by atoms with E-state index in [2.05, 4.69) is 36.5 Å². The summed E-state index contributed by atoms with van der Waals surface area (Å²) < 4.78 is 6.05. The van der Waals surface area contributed by atoms with Crippen LogP contribution in [0.2, 0.25) is 0 Å². The van der Waals surface area contributed by atoms with Crippen LogP contribution in [0, 0.1) is 5.41 Å². The van der Waals surface area contributed by atoms with Crippen LogP contribution in [0.5, 0.6) is 0 Å². The van der Waals surface area contributed by atoms with Crippen LogP contribution < -0.4 is 5.32 Å². The Balaban J connectivity index is 2.12. The van der Waals surface area contributed by atoms with Crippen molar-refractivity contribution in [3.63, 3.8) is 0 Å². The van der Waals surface area contributed by atoms with Gasteiger partial charge in [-0.3, -0.25) is 0 Å². The highest BCUT2D eigenvalue weighted by molar-refractivity contribution is 7.09. The number of nitrogens with zero attached hydrogens (tertiary/aromatic N) is 1. The van der Waals surface area contributed by atoms with E-state index in [-0.39, 0.29) is 5.60 Å². The molecule has 0 spiro atoms. The van der Waals surface area contributed by atoms with Gasteiger partial charge in [0.2, 0.25) is 0 Å². The highest BCUT2D eigenvalue weighted by Crippen LogP contribution is 2.44. The number of hydrogen-bond donors (Lipinski definition) is 1. The van der Waals surface area contributed by atoms with Gasteiger partial charge in [-0.15, -0.1) is 11.3 Å². The van der Waals surface area contributed by atoms with E-state index in [4.69, 9.17) is 4.74 Å². The molecule has 0 radical (unpaired) electrons. The van der Waals surface area contributed by atoms with Crippen LogP contribution in [0.15, 0.2) is 11.6 Å². The second-order valence-corrected chi connectivity index (χ2v) is 7.65. The molecule has 1 aromatic rings. The SMILES string of the molecule is CCNC(Cc1nccs1)C1(OC)CCC(C)(C)CC1. The van der Waals surface area contributed by atoms with E-state index in [0.717, 1.165) is 25.8 Å². The minimum Gasteiger partial charge on any atom is -0.377 e. The van der Waals surface area contributed by atoms with Crippen molar-refractivity contribution < 1.29 is 4.74 Å². The van der Waals surface area contributed by atoms with Gasteiger partial charge in [-0.2, -0.15) is 0 Å². The highest BCUT2D eigenvalue weighted by Gasteiger charge is 2.44. The van der Waals surface area contributed by atoms with Crippen molar-refractivity contribution in [3.05, 3.63) is 16.6 Å². The molecule has 0 bridgehead atoms. The molecule has 0 aliphatic heterocycles. The molecule has 1 fully saturated rings. The lowest BCUT2D eigenvalue weighted by Crippen LogP contribution is -2.55. The van der Waals surface area contributed by atoms with E-state index >= 15 is 0 Å². The number of rotatable bonds is 6. The van der Waals surface area contributed by atoms with Crippen LogP contribution in [-0.2, 0) is 11.2 Å². The molecular formula is C16H28N2OS. The number of nitrogens with one attached hydrogen (secondary N) is 1. The summed E-state index contributed by atoms with van der Waals surface area (Å²) in [6.45, 7) is 7.89. The first-order chi connectivity index (χ1) is 9.51. The third-order valence-electron chi connectivity index (χ3n) is 4.80. The monoisotopic (exact) mass is 296 g/mol. The Bertz CT molecular complexity index is 393. The molecule has 114 valence electrons. The Morgan fingerprint density at radius 2 is 2.05 bits per heavy atom. The lowest BCUT2D eigenvalue weighted by atomic mass is 9.68. The number of thiazole rings is 1. The maximum Gasteiger partial charge on any atom is 0.0941 e. The summed E-state index contributed by atoms with van der Waals surface area (Å²) >= 11 is 1.74. The first kappa shape index (κ1) is 15.9. The van der Waals surface area contributed by atoms with Crippen molar-refractivity contribution in [2.45, 2.75) is 64.5 Å². The molecule has 2 rings (SSSR count). The molecule has 4 heteroatoms. The lowest BCUT2D eigenvalue weighted by Gasteiger charge is -2.47. The summed E-state index contributed by atoms with van der Waals surface area (Å²) in [6.07, 6.45) is 7.62. The quantitative estimate of drug-likeness (QED) is 0.870. The van der Waals surface area contributed by atoms with Gasteiger partial charge in [0.1, 0.15) is 0 Å². The predicted octanol–water partition coefficient (Wildman–Crippen LogP) is 3.65. The zero-order valence-electron chi connectivity index (χ0n) is 13.2. The third kappa shape index (κ3) is 3.60. The van der Waals surface area contributed by atoms with Gasteiger partial charge in [-0.25, -0.2) is 4.98 Å². The summed E-state index contributed by atoms with van der Waals surface area (Å²) in [5.41, 5.74) is 0.428. The van der Waals surface area contributed by atoms with Crippen molar-refractivity contribution in [2.75, 3.05) is 13.7 Å². The largest absolute Gasteiger partial charge is 0.377 e. The van der Waals surface area contributed by atoms with E-state index in [1.165, 1.54) is 17.8 Å². The second-order valence-electron chi connectivity index (χ2n) is 6.67. The van der Waals surface area contributed by atoms with E-state index in [1.54, 1.807) is 11.3 Å². The molecule has 20 heavy (non-hydrogen) atoms. The molecule has 1 unspecified atom stereocenters. The Morgan fingerprint density at radius 3 is 2.55 bits per heavy atom. The Hall–Kier alpha value is -0.450. The van der Waals surface area contributed by atoms with Gasteiger partial charge in [-0.1, -0.05) is 20.8 Å². The van der Waals surface area contributed by atoms with Gasteiger partial charge in [0.25, 0.3) is 0 Å². The fraction of sp³-hybridized carbons (Fsp3) is 0.812. The summed E-state index contributed by atoms with van der Waals surface area (Å²) in [4.78, 5) is 4.45.